The number of aliphatic hydroxyl groups is 1. The van der Waals surface area contributed by atoms with Crippen molar-refractivity contribution in [2.75, 3.05) is 44.4 Å². The maximum Gasteiger partial charge on any atom is 0.387 e. The summed E-state index contributed by atoms with van der Waals surface area (Å²) in [7, 11) is 3.90. The lowest BCUT2D eigenvalue weighted by molar-refractivity contribution is -0.0494. The number of rotatable bonds is 11. The zero-order chi connectivity index (χ0) is 29.2. The molecular weight excluding hydrogens is 554 g/mol. The van der Waals surface area contributed by atoms with Gasteiger partial charge in [-0.15, -0.1) is 5.10 Å². The second kappa shape index (κ2) is 11.5. The molecule has 0 radical (unpaired) electrons. The first-order valence-corrected chi connectivity index (χ1v) is 13.1. The summed E-state index contributed by atoms with van der Waals surface area (Å²) in [6.45, 7) is -0.733. The van der Waals surface area contributed by atoms with Crippen molar-refractivity contribution < 1.29 is 23.4 Å². The molecule has 5 heterocycles. The van der Waals surface area contributed by atoms with Crippen LogP contribution >= 0.6 is 0 Å². The molecule has 17 heteroatoms. The molecule has 4 aromatic heterocycles. The third kappa shape index (κ3) is 5.64. The monoisotopic (exact) mass is 582 g/mol. The van der Waals surface area contributed by atoms with Crippen LogP contribution in [0.25, 0.3) is 16.9 Å². The van der Waals surface area contributed by atoms with Gasteiger partial charge in [0.15, 0.2) is 17.7 Å². The van der Waals surface area contributed by atoms with Crippen molar-refractivity contribution in [3.8, 4) is 22.8 Å². The number of tetrazole rings is 1. The summed E-state index contributed by atoms with van der Waals surface area (Å²) in [5.41, 5.74) is 2.17. The summed E-state index contributed by atoms with van der Waals surface area (Å²) in [6, 6.07) is 4.75. The SMILES string of the molecule is CN(C)CCn1nnnc1Cn1cc(NC(O)c2cnn3cccnc23)c(-c2cc3c(cc2OC(F)F)NCCO3)n1. The smallest absolute Gasteiger partial charge is 0.387 e. The summed E-state index contributed by atoms with van der Waals surface area (Å²) in [5.74, 6) is 0.878. The first kappa shape index (κ1) is 27.3. The predicted molar refractivity (Wildman–Crippen MR) is 145 cm³/mol. The van der Waals surface area contributed by atoms with Crippen LogP contribution in [0.4, 0.5) is 20.2 Å². The third-order valence-electron chi connectivity index (χ3n) is 6.55. The van der Waals surface area contributed by atoms with Gasteiger partial charge >= 0.3 is 6.61 Å². The fourth-order valence-corrected chi connectivity index (χ4v) is 4.56. The maximum atomic E-state index is 13.5. The second-order valence-corrected chi connectivity index (χ2v) is 9.74. The highest BCUT2D eigenvalue weighted by molar-refractivity contribution is 5.83. The zero-order valence-electron chi connectivity index (χ0n) is 22.7. The average molecular weight is 583 g/mol. The molecule has 0 fully saturated rings. The molecular formula is C25H28F2N12O3. The first-order valence-electron chi connectivity index (χ1n) is 13.1. The standard InChI is InChI=1S/C25H28F2N12O3/c1-36(2)7-8-38-21(32-34-35-38)14-37-13-18(31-24(40)16-12-30-39-6-3-4-29-23(16)39)22(33-37)15-10-20-17(28-5-9-41-20)11-19(15)42-25(26)27/h3-4,6,10-13,24-25,28,31,40H,5,7-9,14H2,1-2H3. The summed E-state index contributed by atoms with van der Waals surface area (Å²) >= 11 is 0. The van der Waals surface area contributed by atoms with E-state index < -0.39 is 12.8 Å². The van der Waals surface area contributed by atoms with E-state index in [1.165, 1.54) is 16.8 Å². The summed E-state index contributed by atoms with van der Waals surface area (Å²) in [5, 5.41) is 38.3. The van der Waals surface area contributed by atoms with Gasteiger partial charge in [0, 0.05) is 37.7 Å². The molecule has 5 aromatic rings. The molecule has 0 spiro atoms. The number of hydrogen-bond acceptors (Lipinski definition) is 12. The number of anilines is 2. The van der Waals surface area contributed by atoms with Gasteiger partial charge < -0.3 is 30.1 Å². The molecule has 42 heavy (non-hydrogen) atoms. The van der Waals surface area contributed by atoms with Crippen molar-refractivity contribution in [3.05, 3.63) is 54.4 Å². The first-order chi connectivity index (χ1) is 20.4. The van der Waals surface area contributed by atoms with E-state index in [0.29, 0.717) is 60.4 Å². The van der Waals surface area contributed by atoms with Crippen molar-refractivity contribution in [1.82, 2.24) is 49.5 Å². The van der Waals surface area contributed by atoms with Crippen LogP contribution in [0.5, 0.6) is 11.5 Å². The van der Waals surface area contributed by atoms with Gasteiger partial charge in [-0.25, -0.2) is 14.2 Å². The minimum atomic E-state index is -3.08. The Morgan fingerprint density at radius 1 is 1.29 bits per heavy atom. The Kier molecular flexibility index (Phi) is 7.49. The molecule has 0 saturated carbocycles. The fourth-order valence-electron chi connectivity index (χ4n) is 4.56. The quantitative estimate of drug-likeness (QED) is 0.194. The predicted octanol–water partition coefficient (Wildman–Crippen LogP) is 1.70. The Hall–Kier alpha value is -4.90. The van der Waals surface area contributed by atoms with Crippen molar-refractivity contribution >= 4 is 17.0 Å². The average Bonchev–Trinajstić information content (AvgIpc) is 3.70. The molecule has 0 bridgehead atoms. The van der Waals surface area contributed by atoms with Crippen LogP contribution in [0.3, 0.4) is 0 Å². The lowest BCUT2D eigenvalue weighted by Crippen LogP contribution is -2.21. The largest absolute Gasteiger partial charge is 0.490 e. The molecule has 0 amide bonds. The highest BCUT2D eigenvalue weighted by Gasteiger charge is 2.25. The highest BCUT2D eigenvalue weighted by Crippen LogP contribution is 2.43. The highest BCUT2D eigenvalue weighted by atomic mass is 19.3. The van der Waals surface area contributed by atoms with Gasteiger partial charge in [-0.2, -0.15) is 19.0 Å². The van der Waals surface area contributed by atoms with E-state index in [1.807, 2.05) is 19.0 Å². The number of aromatic nitrogens is 9. The van der Waals surface area contributed by atoms with E-state index in [1.54, 1.807) is 40.1 Å². The Balaban J connectivity index is 1.40. The number of ether oxygens (including phenoxy) is 2. The van der Waals surface area contributed by atoms with E-state index in [0.717, 1.165) is 0 Å². The van der Waals surface area contributed by atoms with E-state index in [2.05, 4.69) is 36.2 Å². The Morgan fingerprint density at radius 2 is 2.17 bits per heavy atom. The molecule has 0 saturated heterocycles. The Labute approximate surface area is 237 Å². The Morgan fingerprint density at radius 3 is 3.00 bits per heavy atom. The zero-order valence-corrected chi connectivity index (χ0v) is 22.7. The minimum Gasteiger partial charge on any atom is -0.490 e. The van der Waals surface area contributed by atoms with E-state index >= 15 is 0 Å². The number of likely N-dealkylation sites (N-methyl/N-ethyl adjacent to an activating group) is 1. The molecule has 0 aliphatic carbocycles. The number of benzene rings is 1. The van der Waals surface area contributed by atoms with E-state index in [9.17, 15) is 13.9 Å². The van der Waals surface area contributed by atoms with Gasteiger partial charge in [-0.3, -0.25) is 4.68 Å². The van der Waals surface area contributed by atoms with Crippen LogP contribution in [0.15, 0.2) is 43.0 Å². The van der Waals surface area contributed by atoms with Crippen molar-refractivity contribution in [3.63, 3.8) is 0 Å². The van der Waals surface area contributed by atoms with E-state index in [-0.39, 0.29) is 23.6 Å². The molecule has 3 N–H and O–H groups in total. The third-order valence-corrected chi connectivity index (χ3v) is 6.55. The van der Waals surface area contributed by atoms with Crippen LogP contribution in [0.1, 0.15) is 17.6 Å². The van der Waals surface area contributed by atoms with Crippen LogP contribution in [0.2, 0.25) is 0 Å². The van der Waals surface area contributed by atoms with Gasteiger partial charge in [-0.1, -0.05) is 0 Å². The van der Waals surface area contributed by atoms with Gasteiger partial charge in [0.05, 0.1) is 35.2 Å². The number of aliphatic hydroxyl groups excluding tert-OH is 1. The van der Waals surface area contributed by atoms with Crippen molar-refractivity contribution in [2.24, 2.45) is 0 Å². The molecule has 1 aliphatic rings. The second-order valence-electron chi connectivity index (χ2n) is 9.74. The number of fused-ring (bicyclic) bond motifs is 2. The number of hydrogen-bond donors (Lipinski definition) is 3. The minimum absolute atomic E-state index is 0.113. The number of nitrogens with one attached hydrogen (secondary N) is 2. The summed E-state index contributed by atoms with van der Waals surface area (Å²) < 4.78 is 42.5. The van der Waals surface area contributed by atoms with Crippen LogP contribution in [-0.4, -0.2) is 95.0 Å². The topological polar surface area (TPSA) is 158 Å². The van der Waals surface area contributed by atoms with Crippen LogP contribution in [-0.2, 0) is 13.1 Å². The Bertz CT molecular complexity index is 1680. The van der Waals surface area contributed by atoms with Gasteiger partial charge in [0.2, 0.25) is 0 Å². The lowest BCUT2D eigenvalue weighted by Gasteiger charge is -2.22. The molecule has 1 aromatic carbocycles. The summed E-state index contributed by atoms with van der Waals surface area (Å²) in [6.07, 6.45) is 5.15. The van der Waals surface area contributed by atoms with Crippen LogP contribution in [0, 0.1) is 0 Å². The van der Waals surface area contributed by atoms with Crippen LogP contribution < -0.4 is 20.1 Å². The van der Waals surface area contributed by atoms with E-state index in [4.69, 9.17) is 14.6 Å². The number of nitrogens with zero attached hydrogens (tertiary/aromatic N) is 10. The molecule has 1 atom stereocenters. The fraction of sp³-hybridized carbons (Fsp3) is 0.360. The molecule has 1 aliphatic heterocycles. The number of alkyl halides is 2. The molecule has 6 rings (SSSR count). The van der Waals surface area contributed by atoms with Gasteiger partial charge in [0.1, 0.15) is 30.3 Å². The normalized spacial score (nSPS) is 13.7. The molecule has 1 unspecified atom stereocenters. The lowest BCUT2D eigenvalue weighted by atomic mass is 10.1. The van der Waals surface area contributed by atoms with Gasteiger partial charge in [-0.05, 0) is 36.7 Å². The van der Waals surface area contributed by atoms with Crippen molar-refractivity contribution in [1.29, 1.82) is 0 Å². The van der Waals surface area contributed by atoms with Crippen molar-refractivity contribution in [2.45, 2.75) is 25.9 Å². The molecule has 15 nitrogen and oxygen atoms in total. The number of halogens is 2. The molecule has 220 valence electrons. The summed E-state index contributed by atoms with van der Waals surface area (Å²) in [4.78, 5) is 6.31. The van der Waals surface area contributed by atoms with Gasteiger partial charge in [0.25, 0.3) is 0 Å². The maximum absolute atomic E-state index is 13.5.